The molecule has 0 amide bonds. The second-order valence-electron chi connectivity index (χ2n) is 4.74. The second kappa shape index (κ2) is 3.11. The Hall–Kier alpha value is -0.790. The number of carbonyl (C=O) groups is 1. The first-order chi connectivity index (χ1) is 6.57. The van der Waals surface area contributed by atoms with Gasteiger partial charge in [0.25, 0.3) is 0 Å². The van der Waals surface area contributed by atoms with Gasteiger partial charge in [0.15, 0.2) is 0 Å². The first kappa shape index (κ1) is 9.75. The number of methoxy groups -OCH3 is 1. The van der Waals surface area contributed by atoms with Crippen LogP contribution in [0, 0.1) is 23.7 Å². The van der Waals surface area contributed by atoms with Gasteiger partial charge in [-0.3, -0.25) is 0 Å². The maximum Gasteiger partial charge on any atom is 0.333 e. The van der Waals surface area contributed by atoms with Gasteiger partial charge in [-0.2, -0.15) is 0 Å². The molecule has 2 heteroatoms. The van der Waals surface area contributed by atoms with Crippen LogP contribution in [0.25, 0.3) is 0 Å². The van der Waals surface area contributed by atoms with Gasteiger partial charge in [0.2, 0.25) is 0 Å². The summed E-state index contributed by atoms with van der Waals surface area (Å²) in [6.07, 6.45) is 1.28. The number of carbonyl (C=O) groups excluding carboxylic acids is 1. The maximum atomic E-state index is 11.6. The molecule has 0 spiro atoms. The highest BCUT2D eigenvalue weighted by Gasteiger charge is 2.50. The largest absolute Gasteiger partial charge is 0.466 e. The molecule has 2 aliphatic rings. The van der Waals surface area contributed by atoms with E-state index < -0.39 is 0 Å². The Balaban J connectivity index is 2.35. The van der Waals surface area contributed by atoms with Crippen LogP contribution in [0.15, 0.2) is 11.1 Å². The van der Waals surface area contributed by atoms with E-state index in [4.69, 9.17) is 4.74 Å². The van der Waals surface area contributed by atoms with Crippen molar-refractivity contribution >= 4 is 5.97 Å². The first-order valence-electron chi connectivity index (χ1n) is 5.37. The molecule has 0 aromatic rings. The lowest BCUT2D eigenvalue weighted by Gasteiger charge is -2.28. The normalized spacial score (nSPS) is 40.6. The molecule has 2 rings (SSSR count). The van der Waals surface area contributed by atoms with Crippen molar-refractivity contribution in [3.8, 4) is 0 Å². The van der Waals surface area contributed by atoms with Crippen molar-refractivity contribution in [3.05, 3.63) is 11.1 Å². The molecule has 78 valence electrons. The first-order valence-corrected chi connectivity index (χ1v) is 5.37. The number of hydrogen-bond donors (Lipinski definition) is 0. The highest BCUT2D eigenvalue weighted by Crippen LogP contribution is 2.57. The molecule has 0 N–H and O–H groups in total. The fourth-order valence-corrected chi connectivity index (χ4v) is 2.94. The lowest BCUT2D eigenvalue weighted by Crippen LogP contribution is -2.25. The van der Waals surface area contributed by atoms with Crippen molar-refractivity contribution in [1.29, 1.82) is 0 Å². The zero-order valence-electron chi connectivity index (χ0n) is 9.33. The molecule has 0 saturated heterocycles. The standard InChI is InChI=1S/C12H18O2/c1-6-7(2)11(12(13)14-4)8(3)10-5-9(6)10/h6-7,9-10H,5H2,1-4H3. The van der Waals surface area contributed by atoms with Gasteiger partial charge in [0, 0.05) is 5.57 Å². The van der Waals surface area contributed by atoms with E-state index in [1.165, 1.54) is 19.1 Å². The third-order valence-corrected chi connectivity index (χ3v) is 4.15. The van der Waals surface area contributed by atoms with E-state index in [0.717, 1.165) is 11.5 Å². The lowest BCUT2D eigenvalue weighted by molar-refractivity contribution is -0.137. The molecule has 4 unspecified atom stereocenters. The Morgan fingerprint density at radius 3 is 2.64 bits per heavy atom. The van der Waals surface area contributed by atoms with Crippen molar-refractivity contribution < 1.29 is 9.53 Å². The molecule has 4 atom stereocenters. The highest BCUT2D eigenvalue weighted by atomic mass is 16.5. The van der Waals surface area contributed by atoms with E-state index >= 15 is 0 Å². The Labute approximate surface area is 85.3 Å². The van der Waals surface area contributed by atoms with Crippen molar-refractivity contribution in [2.75, 3.05) is 7.11 Å². The van der Waals surface area contributed by atoms with Crippen LogP contribution in [0.3, 0.4) is 0 Å². The monoisotopic (exact) mass is 194 g/mol. The van der Waals surface area contributed by atoms with E-state index in [2.05, 4.69) is 20.8 Å². The average molecular weight is 194 g/mol. The average Bonchev–Trinajstić information content (AvgIpc) is 2.94. The van der Waals surface area contributed by atoms with Crippen molar-refractivity contribution in [3.63, 3.8) is 0 Å². The molecule has 0 aromatic heterocycles. The number of fused-ring (bicyclic) bond motifs is 1. The molecule has 0 aromatic carbocycles. The topological polar surface area (TPSA) is 26.3 Å². The van der Waals surface area contributed by atoms with Gasteiger partial charge in [-0.25, -0.2) is 4.79 Å². The summed E-state index contributed by atoms with van der Waals surface area (Å²) in [5, 5.41) is 0. The minimum Gasteiger partial charge on any atom is -0.466 e. The SMILES string of the molecule is COC(=O)C1=C(C)C2CC2C(C)C1C. The Kier molecular flexibility index (Phi) is 2.17. The molecule has 0 aliphatic heterocycles. The third kappa shape index (κ3) is 1.20. The number of allylic oxidation sites excluding steroid dienone is 1. The van der Waals surface area contributed by atoms with Gasteiger partial charge in [-0.1, -0.05) is 19.4 Å². The van der Waals surface area contributed by atoms with Crippen LogP contribution in [0.5, 0.6) is 0 Å². The van der Waals surface area contributed by atoms with Gasteiger partial charge >= 0.3 is 5.97 Å². The summed E-state index contributed by atoms with van der Waals surface area (Å²) in [7, 11) is 1.47. The lowest BCUT2D eigenvalue weighted by atomic mass is 9.77. The summed E-state index contributed by atoms with van der Waals surface area (Å²) < 4.78 is 4.85. The predicted molar refractivity (Wildman–Crippen MR) is 54.6 cm³/mol. The third-order valence-electron chi connectivity index (χ3n) is 4.15. The molecule has 1 fully saturated rings. The molecular formula is C12H18O2. The van der Waals surface area contributed by atoms with Crippen molar-refractivity contribution in [1.82, 2.24) is 0 Å². The molecule has 2 nitrogen and oxygen atoms in total. The molecule has 2 aliphatic carbocycles. The van der Waals surface area contributed by atoms with E-state index in [0.29, 0.717) is 17.8 Å². The van der Waals surface area contributed by atoms with E-state index in [1.54, 1.807) is 0 Å². The van der Waals surface area contributed by atoms with Crippen LogP contribution in [0.2, 0.25) is 0 Å². The van der Waals surface area contributed by atoms with Crippen LogP contribution >= 0.6 is 0 Å². The van der Waals surface area contributed by atoms with Crippen LogP contribution in [0.4, 0.5) is 0 Å². The van der Waals surface area contributed by atoms with Crippen LogP contribution in [-0.2, 0) is 9.53 Å². The summed E-state index contributed by atoms with van der Waals surface area (Å²) in [6.45, 7) is 6.50. The fraction of sp³-hybridized carbons (Fsp3) is 0.750. The minimum absolute atomic E-state index is 0.118. The maximum absolute atomic E-state index is 11.6. The predicted octanol–water partition coefficient (Wildman–Crippen LogP) is 2.40. The Bertz CT molecular complexity index is 303. The molecule has 0 radical (unpaired) electrons. The van der Waals surface area contributed by atoms with Gasteiger partial charge < -0.3 is 4.74 Å². The summed E-state index contributed by atoms with van der Waals surface area (Å²) in [5.41, 5.74) is 2.23. The molecule has 1 saturated carbocycles. The number of hydrogen-bond acceptors (Lipinski definition) is 2. The van der Waals surface area contributed by atoms with Crippen LogP contribution < -0.4 is 0 Å². The van der Waals surface area contributed by atoms with Crippen LogP contribution in [-0.4, -0.2) is 13.1 Å². The minimum atomic E-state index is -0.118. The summed E-state index contributed by atoms with van der Waals surface area (Å²) >= 11 is 0. The van der Waals surface area contributed by atoms with Gasteiger partial charge in [-0.05, 0) is 37.0 Å². The van der Waals surface area contributed by atoms with Gasteiger partial charge in [0.05, 0.1) is 7.11 Å². The van der Waals surface area contributed by atoms with E-state index in [1.807, 2.05) is 0 Å². The molecule has 0 bridgehead atoms. The van der Waals surface area contributed by atoms with Gasteiger partial charge in [-0.15, -0.1) is 0 Å². The summed E-state index contributed by atoms with van der Waals surface area (Å²) in [4.78, 5) is 11.6. The molecular weight excluding hydrogens is 176 g/mol. The zero-order valence-corrected chi connectivity index (χ0v) is 9.33. The molecule has 0 heterocycles. The Morgan fingerprint density at radius 2 is 2.07 bits per heavy atom. The molecule has 14 heavy (non-hydrogen) atoms. The van der Waals surface area contributed by atoms with Crippen LogP contribution in [0.1, 0.15) is 27.2 Å². The zero-order chi connectivity index (χ0) is 10.5. The summed E-state index contributed by atoms with van der Waals surface area (Å²) in [5.74, 6) is 2.39. The number of ether oxygens (including phenoxy) is 1. The smallest absolute Gasteiger partial charge is 0.333 e. The van der Waals surface area contributed by atoms with Crippen molar-refractivity contribution in [2.45, 2.75) is 27.2 Å². The number of esters is 1. The second-order valence-corrected chi connectivity index (χ2v) is 4.74. The van der Waals surface area contributed by atoms with E-state index in [-0.39, 0.29) is 5.97 Å². The quantitative estimate of drug-likeness (QED) is 0.599. The van der Waals surface area contributed by atoms with Gasteiger partial charge in [0.1, 0.15) is 0 Å². The van der Waals surface area contributed by atoms with Crippen molar-refractivity contribution in [2.24, 2.45) is 23.7 Å². The Morgan fingerprint density at radius 1 is 1.43 bits per heavy atom. The fourth-order valence-electron chi connectivity index (χ4n) is 2.94. The summed E-state index contributed by atoms with van der Waals surface area (Å²) in [6, 6.07) is 0. The number of rotatable bonds is 1. The van der Waals surface area contributed by atoms with E-state index in [9.17, 15) is 4.79 Å². The highest BCUT2D eigenvalue weighted by molar-refractivity contribution is 5.90.